The number of amides is 1. The second-order valence-corrected chi connectivity index (χ2v) is 6.65. The second kappa shape index (κ2) is 14.5. The van der Waals surface area contributed by atoms with Crippen molar-refractivity contribution in [1.82, 2.24) is 16.0 Å². The van der Waals surface area contributed by atoms with Crippen LogP contribution in [-0.2, 0) is 6.54 Å². The number of carbonyl (C=O) groups is 1. The first-order chi connectivity index (χ1) is 14.9. The minimum Gasteiger partial charge on any atom is -0.484 e. The number of hydrogen-bond donors (Lipinski definition) is 3. The van der Waals surface area contributed by atoms with Crippen LogP contribution >= 0.6 is 24.0 Å². The molecule has 0 saturated heterocycles. The van der Waals surface area contributed by atoms with E-state index in [4.69, 9.17) is 4.74 Å². The van der Waals surface area contributed by atoms with Gasteiger partial charge in [-0.1, -0.05) is 30.3 Å². The van der Waals surface area contributed by atoms with E-state index >= 15 is 0 Å². The summed E-state index contributed by atoms with van der Waals surface area (Å²) in [4.78, 5) is 16.5. The normalized spacial score (nSPS) is 11.3. The predicted octanol–water partition coefficient (Wildman–Crippen LogP) is 4.12. The van der Waals surface area contributed by atoms with Crippen LogP contribution in [0.4, 0.5) is 13.2 Å². The van der Waals surface area contributed by atoms with Crippen molar-refractivity contribution in [3.63, 3.8) is 0 Å². The molecule has 0 spiro atoms. The molecule has 2 rings (SSSR count). The molecule has 0 aliphatic rings. The van der Waals surface area contributed by atoms with Crippen LogP contribution in [0.25, 0.3) is 0 Å². The van der Waals surface area contributed by atoms with Crippen LogP contribution < -0.4 is 20.7 Å². The van der Waals surface area contributed by atoms with Crippen molar-refractivity contribution >= 4 is 35.8 Å². The van der Waals surface area contributed by atoms with Gasteiger partial charge in [0.1, 0.15) is 5.75 Å². The molecule has 176 valence electrons. The van der Waals surface area contributed by atoms with Gasteiger partial charge < -0.3 is 20.7 Å². The molecular weight excluding hydrogens is 536 g/mol. The Bertz CT molecular complexity index is 831. The number of halogens is 4. The number of nitrogens with zero attached hydrogens (tertiary/aromatic N) is 1. The van der Waals surface area contributed by atoms with Gasteiger partial charge in [0.25, 0.3) is 5.91 Å². The van der Waals surface area contributed by atoms with Crippen LogP contribution in [0, 0.1) is 0 Å². The summed E-state index contributed by atoms with van der Waals surface area (Å²) in [6.07, 6.45) is -3.64. The van der Waals surface area contributed by atoms with Crippen molar-refractivity contribution in [3.8, 4) is 5.75 Å². The molecule has 0 fully saturated rings. The summed E-state index contributed by atoms with van der Waals surface area (Å²) in [5.74, 6) is 0.672. The van der Waals surface area contributed by atoms with Crippen molar-refractivity contribution in [3.05, 3.63) is 65.7 Å². The molecule has 10 heteroatoms. The highest BCUT2D eigenvalue weighted by molar-refractivity contribution is 14.0. The van der Waals surface area contributed by atoms with E-state index < -0.39 is 12.8 Å². The highest BCUT2D eigenvalue weighted by Crippen LogP contribution is 2.19. The van der Waals surface area contributed by atoms with Gasteiger partial charge >= 0.3 is 6.18 Å². The lowest BCUT2D eigenvalue weighted by atomic mass is 10.2. The smallest absolute Gasteiger partial charge is 0.422 e. The molecule has 3 N–H and O–H groups in total. The van der Waals surface area contributed by atoms with E-state index in [1.165, 1.54) is 12.1 Å². The number of nitrogens with one attached hydrogen (secondary N) is 3. The third kappa shape index (κ3) is 11.2. The van der Waals surface area contributed by atoms with Crippen LogP contribution in [0.3, 0.4) is 0 Å². The molecule has 6 nitrogen and oxygen atoms in total. The summed E-state index contributed by atoms with van der Waals surface area (Å²) in [6, 6.07) is 15.4. The van der Waals surface area contributed by atoms with Crippen molar-refractivity contribution < 1.29 is 22.7 Å². The molecule has 0 atom stereocenters. The number of guanidine groups is 1. The lowest BCUT2D eigenvalue weighted by Crippen LogP contribution is -2.38. The molecule has 0 aromatic heterocycles. The molecule has 0 unspecified atom stereocenters. The van der Waals surface area contributed by atoms with Crippen molar-refractivity contribution in [2.45, 2.75) is 26.1 Å². The lowest BCUT2D eigenvalue weighted by molar-refractivity contribution is -0.153. The molecule has 1 amide bonds. The van der Waals surface area contributed by atoms with Crippen LogP contribution in [0.1, 0.15) is 29.3 Å². The number of carbonyl (C=O) groups excluding carboxylic acids is 1. The SMILES string of the molecule is CCNC(=NCc1ccc(OCC(F)(F)F)cc1)NCCCNC(=O)c1ccccc1.I. The van der Waals surface area contributed by atoms with E-state index in [9.17, 15) is 18.0 Å². The Morgan fingerprint density at radius 3 is 2.25 bits per heavy atom. The first-order valence-electron chi connectivity index (χ1n) is 10.0. The first kappa shape index (κ1) is 27.5. The fraction of sp³-hybridized carbons (Fsp3) is 0.364. The number of rotatable bonds is 10. The lowest BCUT2D eigenvalue weighted by Gasteiger charge is -2.12. The summed E-state index contributed by atoms with van der Waals surface area (Å²) < 4.78 is 41.3. The van der Waals surface area contributed by atoms with Gasteiger partial charge in [-0.25, -0.2) is 4.99 Å². The molecule has 2 aromatic carbocycles. The fourth-order valence-corrected chi connectivity index (χ4v) is 2.56. The second-order valence-electron chi connectivity index (χ2n) is 6.65. The quantitative estimate of drug-likeness (QED) is 0.176. The zero-order valence-corrected chi connectivity index (χ0v) is 20.1. The van der Waals surface area contributed by atoms with Gasteiger partial charge in [-0.2, -0.15) is 13.2 Å². The fourth-order valence-electron chi connectivity index (χ4n) is 2.56. The average molecular weight is 564 g/mol. The van der Waals surface area contributed by atoms with Gasteiger partial charge in [0, 0.05) is 25.2 Å². The molecular formula is C22H28F3IN4O2. The minimum atomic E-state index is -4.36. The third-order valence-electron chi connectivity index (χ3n) is 4.06. The third-order valence-corrected chi connectivity index (χ3v) is 4.06. The Morgan fingerprint density at radius 2 is 1.62 bits per heavy atom. The van der Waals surface area contributed by atoms with Gasteiger partial charge in [0.05, 0.1) is 6.54 Å². The highest BCUT2D eigenvalue weighted by atomic mass is 127. The molecule has 0 aliphatic carbocycles. The summed E-state index contributed by atoms with van der Waals surface area (Å²) in [5, 5.41) is 9.19. The Hall–Kier alpha value is -2.50. The van der Waals surface area contributed by atoms with Gasteiger partial charge in [0.15, 0.2) is 12.6 Å². The summed E-state index contributed by atoms with van der Waals surface area (Å²) in [6.45, 7) is 2.82. The van der Waals surface area contributed by atoms with Crippen LogP contribution in [0.5, 0.6) is 5.75 Å². The Labute approximate surface area is 203 Å². The van der Waals surface area contributed by atoms with Crippen molar-refractivity contribution in [1.29, 1.82) is 0 Å². The number of hydrogen-bond acceptors (Lipinski definition) is 3. The molecule has 0 bridgehead atoms. The number of aliphatic imine (C=N–C) groups is 1. The largest absolute Gasteiger partial charge is 0.484 e. The van der Waals surface area contributed by atoms with Crippen LogP contribution in [-0.4, -0.2) is 44.3 Å². The van der Waals surface area contributed by atoms with E-state index in [2.05, 4.69) is 20.9 Å². The maximum absolute atomic E-state index is 12.2. The summed E-state index contributed by atoms with van der Waals surface area (Å²) in [5.41, 5.74) is 1.46. The Kier molecular flexibility index (Phi) is 12.5. The van der Waals surface area contributed by atoms with Gasteiger partial charge in [-0.3, -0.25) is 4.79 Å². The number of alkyl halides is 3. The topological polar surface area (TPSA) is 74.8 Å². The Balaban J connectivity index is 0.00000512. The number of ether oxygens (including phenoxy) is 1. The van der Waals surface area contributed by atoms with Gasteiger partial charge in [0.2, 0.25) is 0 Å². The van der Waals surface area contributed by atoms with E-state index in [1.807, 2.05) is 25.1 Å². The van der Waals surface area contributed by atoms with E-state index in [-0.39, 0.29) is 35.6 Å². The zero-order valence-electron chi connectivity index (χ0n) is 17.7. The summed E-state index contributed by atoms with van der Waals surface area (Å²) in [7, 11) is 0. The predicted molar refractivity (Wildman–Crippen MR) is 130 cm³/mol. The van der Waals surface area contributed by atoms with Crippen LogP contribution in [0.15, 0.2) is 59.6 Å². The van der Waals surface area contributed by atoms with Gasteiger partial charge in [-0.15, -0.1) is 24.0 Å². The first-order valence-corrected chi connectivity index (χ1v) is 10.0. The maximum Gasteiger partial charge on any atom is 0.422 e. The minimum absolute atomic E-state index is 0. The van der Waals surface area contributed by atoms with Gasteiger partial charge in [-0.05, 0) is 43.2 Å². The summed E-state index contributed by atoms with van der Waals surface area (Å²) >= 11 is 0. The molecule has 0 radical (unpaired) electrons. The van der Waals surface area contributed by atoms with E-state index in [0.717, 1.165) is 5.56 Å². The van der Waals surface area contributed by atoms with E-state index in [1.54, 1.807) is 24.3 Å². The molecule has 0 heterocycles. The van der Waals surface area contributed by atoms with Crippen LogP contribution in [0.2, 0.25) is 0 Å². The molecule has 2 aromatic rings. The zero-order chi connectivity index (χ0) is 22.5. The highest BCUT2D eigenvalue weighted by Gasteiger charge is 2.28. The number of benzene rings is 2. The van der Waals surface area contributed by atoms with Crippen molar-refractivity contribution in [2.75, 3.05) is 26.2 Å². The maximum atomic E-state index is 12.2. The molecule has 0 saturated carbocycles. The average Bonchev–Trinajstić information content (AvgIpc) is 2.76. The van der Waals surface area contributed by atoms with E-state index in [0.29, 0.717) is 44.1 Å². The van der Waals surface area contributed by atoms with Crippen molar-refractivity contribution in [2.24, 2.45) is 4.99 Å². The standard InChI is InChI=1S/C22H27F3N4O2.HI/c1-2-26-21(28-14-6-13-27-20(30)18-7-4-3-5-8-18)29-15-17-9-11-19(12-10-17)31-16-22(23,24)25;/h3-5,7-12H,2,6,13-16H2,1H3,(H,27,30)(H2,26,28,29);1H. The molecule has 0 aliphatic heterocycles. The Morgan fingerprint density at radius 1 is 0.969 bits per heavy atom. The molecule has 32 heavy (non-hydrogen) atoms. The monoisotopic (exact) mass is 564 g/mol.